The lowest BCUT2D eigenvalue weighted by Gasteiger charge is -2.11. The number of rotatable bonds is 3. The summed E-state index contributed by atoms with van der Waals surface area (Å²) in [6.45, 7) is 4.09. The Labute approximate surface area is 88.1 Å². The number of aryl methyl sites for hydroxylation is 1. The summed E-state index contributed by atoms with van der Waals surface area (Å²) in [6, 6.07) is 3.25. The molecule has 0 unspecified atom stereocenters. The molecule has 4 heteroatoms. The monoisotopic (exact) mass is 212 g/mol. The molecule has 14 heavy (non-hydrogen) atoms. The second-order valence-electron chi connectivity index (χ2n) is 2.85. The van der Waals surface area contributed by atoms with E-state index >= 15 is 0 Å². The maximum atomic E-state index is 10.8. The van der Waals surface area contributed by atoms with Gasteiger partial charge in [-0.3, -0.25) is 0 Å². The van der Waals surface area contributed by atoms with Crippen molar-refractivity contribution >= 4 is 18.6 Å². The molecule has 1 aromatic carbocycles. The maximum absolute atomic E-state index is 10.8. The molecule has 1 N–H and O–H groups in total. The number of carbonyl (C=O) groups is 1. The average Bonchev–Trinajstić information content (AvgIpc) is 2.13. The molecule has 0 saturated carbocycles. The van der Waals surface area contributed by atoms with Crippen LogP contribution in [-0.4, -0.2) is 17.7 Å². The quantitative estimate of drug-likeness (QED) is 0.756. The maximum Gasteiger partial charge on any atom is 0.339 e. The van der Waals surface area contributed by atoms with Gasteiger partial charge < -0.3 is 9.84 Å². The SMILES string of the molecule is CCOc1c(C(=O)O)ccc(C)c1S. The van der Waals surface area contributed by atoms with Gasteiger partial charge in [0, 0.05) is 0 Å². The standard InChI is InChI=1S/C10H12O3S/c1-3-13-8-7(10(11)12)5-4-6(2)9(8)14/h4-5,14H,3H2,1-2H3,(H,11,12). The topological polar surface area (TPSA) is 46.5 Å². The van der Waals surface area contributed by atoms with Crippen molar-refractivity contribution in [3.05, 3.63) is 23.3 Å². The summed E-state index contributed by atoms with van der Waals surface area (Å²) in [5, 5.41) is 8.89. The van der Waals surface area contributed by atoms with Crippen LogP contribution in [0.4, 0.5) is 0 Å². The Morgan fingerprint density at radius 3 is 2.71 bits per heavy atom. The van der Waals surface area contributed by atoms with Crippen molar-refractivity contribution in [3.8, 4) is 5.75 Å². The zero-order valence-corrected chi connectivity index (χ0v) is 8.97. The molecule has 0 aliphatic carbocycles. The molecule has 3 nitrogen and oxygen atoms in total. The highest BCUT2D eigenvalue weighted by Crippen LogP contribution is 2.30. The number of aromatic carboxylic acids is 1. The molecule has 0 saturated heterocycles. The number of ether oxygens (including phenoxy) is 1. The summed E-state index contributed by atoms with van der Waals surface area (Å²) in [5.41, 5.74) is 1.06. The number of carboxylic acids is 1. The summed E-state index contributed by atoms with van der Waals surface area (Å²) >= 11 is 4.22. The minimum Gasteiger partial charge on any atom is -0.492 e. The Balaban J connectivity index is 3.29. The van der Waals surface area contributed by atoms with Gasteiger partial charge in [0.1, 0.15) is 11.3 Å². The van der Waals surface area contributed by atoms with Gasteiger partial charge in [0.05, 0.1) is 11.5 Å². The van der Waals surface area contributed by atoms with E-state index in [0.29, 0.717) is 17.3 Å². The van der Waals surface area contributed by atoms with Gasteiger partial charge in [0.15, 0.2) is 0 Å². The average molecular weight is 212 g/mol. The number of carboxylic acid groups (broad SMARTS) is 1. The van der Waals surface area contributed by atoms with E-state index in [0.717, 1.165) is 5.56 Å². The van der Waals surface area contributed by atoms with Gasteiger partial charge in [0.2, 0.25) is 0 Å². The first kappa shape index (κ1) is 10.9. The molecule has 0 atom stereocenters. The van der Waals surface area contributed by atoms with Crippen LogP contribution in [0.25, 0.3) is 0 Å². The summed E-state index contributed by atoms with van der Waals surface area (Å²) < 4.78 is 5.25. The minimum absolute atomic E-state index is 0.155. The van der Waals surface area contributed by atoms with Crippen LogP contribution in [-0.2, 0) is 0 Å². The molecule has 0 amide bonds. The van der Waals surface area contributed by atoms with E-state index in [2.05, 4.69) is 12.6 Å². The molecule has 0 heterocycles. The summed E-state index contributed by atoms with van der Waals surface area (Å²) in [6.07, 6.45) is 0. The highest BCUT2D eigenvalue weighted by molar-refractivity contribution is 7.80. The largest absolute Gasteiger partial charge is 0.492 e. The van der Waals surface area contributed by atoms with E-state index in [4.69, 9.17) is 9.84 Å². The lowest BCUT2D eigenvalue weighted by molar-refractivity contribution is 0.0692. The lowest BCUT2D eigenvalue weighted by Crippen LogP contribution is -2.04. The van der Waals surface area contributed by atoms with Crippen molar-refractivity contribution in [2.24, 2.45) is 0 Å². The van der Waals surface area contributed by atoms with Crippen LogP contribution in [0.2, 0.25) is 0 Å². The smallest absolute Gasteiger partial charge is 0.339 e. The summed E-state index contributed by atoms with van der Waals surface area (Å²) in [5.74, 6) is -0.646. The van der Waals surface area contributed by atoms with E-state index in [1.54, 1.807) is 13.0 Å². The zero-order valence-electron chi connectivity index (χ0n) is 8.07. The van der Waals surface area contributed by atoms with Crippen molar-refractivity contribution in [1.82, 2.24) is 0 Å². The first-order valence-electron chi connectivity index (χ1n) is 4.26. The van der Waals surface area contributed by atoms with Gasteiger partial charge in [-0.1, -0.05) is 6.07 Å². The zero-order chi connectivity index (χ0) is 10.7. The van der Waals surface area contributed by atoms with Crippen LogP contribution in [0.3, 0.4) is 0 Å². The number of hydrogen-bond acceptors (Lipinski definition) is 3. The predicted octanol–water partition coefficient (Wildman–Crippen LogP) is 2.38. The van der Waals surface area contributed by atoms with E-state index in [1.807, 2.05) is 6.92 Å². The lowest BCUT2D eigenvalue weighted by atomic mass is 10.1. The summed E-state index contributed by atoms with van der Waals surface area (Å²) in [7, 11) is 0. The molecule has 1 aromatic rings. The Kier molecular flexibility index (Phi) is 3.41. The first-order chi connectivity index (χ1) is 6.57. The van der Waals surface area contributed by atoms with Gasteiger partial charge in [-0.2, -0.15) is 0 Å². The molecule has 1 rings (SSSR count). The van der Waals surface area contributed by atoms with Gasteiger partial charge >= 0.3 is 5.97 Å². The van der Waals surface area contributed by atoms with Crippen LogP contribution >= 0.6 is 12.6 Å². The second kappa shape index (κ2) is 4.37. The predicted molar refractivity (Wildman–Crippen MR) is 56.6 cm³/mol. The Hall–Kier alpha value is -1.16. The van der Waals surface area contributed by atoms with Crippen LogP contribution < -0.4 is 4.74 Å². The van der Waals surface area contributed by atoms with Crippen LogP contribution in [0.1, 0.15) is 22.8 Å². The number of thiol groups is 1. The molecule has 0 spiro atoms. The summed E-state index contributed by atoms with van der Waals surface area (Å²) in [4.78, 5) is 11.4. The Bertz CT molecular complexity index is 361. The number of benzene rings is 1. The van der Waals surface area contributed by atoms with Crippen molar-refractivity contribution < 1.29 is 14.6 Å². The molecular formula is C10H12O3S. The molecule has 0 fully saturated rings. The fourth-order valence-corrected chi connectivity index (χ4v) is 1.39. The van der Waals surface area contributed by atoms with Crippen LogP contribution in [0.5, 0.6) is 5.75 Å². The Morgan fingerprint density at radius 1 is 1.57 bits per heavy atom. The molecule has 0 bridgehead atoms. The van der Waals surface area contributed by atoms with Gasteiger partial charge in [-0.15, -0.1) is 12.6 Å². The van der Waals surface area contributed by atoms with Crippen LogP contribution in [0.15, 0.2) is 17.0 Å². The molecule has 0 aliphatic rings. The highest BCUT2D eigenvalue weighted by atomic mass is 32.1. The van der Waals surface area contributed by atoms with E-state index < -0.39 is 5.97 Å². The van der Waals surface area contributed by atoms with E-state index in [9.17, 15) is 4.79 Å². The highest BCUT2D eigenvalue weighted by Gasteiger charge is 2.14. The Morgan fingerprint density at radius 2 is 2.21 bits per heavy atom. The van der Waals surface area contributed by atoms with E-state index in [-0.39, 0.29) is 5.56 Å². The number of hydrogen-bond donors (Lipinski definition) is 2. The van der Waals surface area contributed by atoms with Crippen LogP contribution in [0, 0.1) is 6.92 Å². The third-order valence-electron chi connectivity index (χ3n) is 1.85. The minimum atomic E-state index is -0.997. The van der Waals surface area contributed by atoms with Crippen molar-refractivity contribution in [1.29, 1.82) is 0 Å². The van der Waals surface area contributed by atoms with Crippen molar-refractivity contribution in [3.63, 3.8) is 0 Å². The fraction of sp³-hybridized carbons (Fsp3) is 0.300. The first-order valence-corrected chi connectivity index (χ1v) is 4.71. The normalized spacial score (nSPS) is 9.93. The molecular weight excluding hydrogens is 200 g/mol. The second-order valence-corrected chi connectivity index (χ2v) is 3.29. The molecule has 0 aromatic heterocycles. The van der Waals surface area contributed by atoms with E-state index in [1.165, 1.54) is 6.07 Å². The van der Waals surface area contributed by atoms with Gasteiger partial charge in [0.25, 0.3) is 0 Å². The third kappa shape index (κ3) is 2.01. The van der Waals surface area contributed by atoms with Crippen molar-refractivity contribution in [2.75, 3.05) is 6.61 Å². The molecule has 76 valence electrons. The fourth-order valence-electron chi connectivity index (χ4n) is 1.13. The molecule has 0 radical (unpaired) electrons. The van der Waals surface area contributed by atoms with Crippen molar-refractivity contribution in [2.45, 2.75) is 18.7 Å². The molecule has 0 aliphatic heterocycles. The third-order valence-corrected chi connectivity index (χ3v) is 2.41. The van der Waals surface area contributed by atoms with Gasteiger partial charge in [-0.05, 0) is 25.5 Å². The van der Waals surface area contributed by atoms with Gasteiger partial charge in [-0.25, -0.2) is 4.79 Å².